The van der Waals surface area contributed by atoms with Gasteiger partial charge in [0.15, 0.2) is 0 Å². The molecule has 38 heavy (non-hydrogen) atoms. The molecule has 0 radical (unpaired) electrons. The van der Waals surface area contributed by atoms with Crippen molar-refractivity contribution in [3.05, 3.63) is 71.5 Å². The molecule has 5 rings (SSSR count). The molecule has 3 N–H and O–H groups in total. The Hall–Kier alpha value is -3.98. The third-order valence-electron chi connectivity index (χ3n) is 7.29. The number of aromatic nitrogens is 2. The normalized spacial score (nSPS) is 16.6. The van der Waals surface area contributed by atoms with Crippen LogP contribution in [0.5, 0.6) is 0 Å². The van der Waals surface area contributed by atoms with E-state index in [4.69, 9.17) is 15.2 Å². The zero-order chi connectivity index (χ0) is 26.7. The monoisotopic (exact) mass is 515 g/mol. The Balaban J connectivity index is 1.33. The summed E-state index contributed by atoms with van der Waals surface area (Å²) in [5.41, 5.74) is 10.6. The molecular weight excluding hydrogens is 482 g/mol. The van der Waals surface area contributed by atoms with Crippen LogP contribution in [0.1, 0.15) is 43.4 Å². The summed E-state index contributed by atoms with van der Waals surface area (Å²) < 4.78 is 11.0. The van der Waals surface area contributed by atoms with Gasteiger partial charge in [-0.05, 0) is 67.5 Å². The lowest BCUT2D eigenvalue weighted by atomic mass is 9.73. The second-order valence-corrected chi connectivity index (χ2v) is 10.1. The maximum Gasteiger partial charge on any atom is 0.410 e. The number of hydrogen-bond donors (Lipinski definition) is 2. The molecule has 1 fully saturated rings. The molecule has 0 unspecified atom stereocenters. The molecule has 2 aliphatic heterocycles. The van der Waals surface area contributed by atoms with E-state index in [1.54, 1.807) is 17.3 Å². The summed E-state index contributed by atoms with van der Waals surface area (Å²) in [4.78, 5) is 36.0. The van der Waals surface area contributed by atoms with E-state index in [1.807, 2.05) is 56.3 Å². The summed E-state index contributed by atoms with van der Waals surface area (Å²) in [6.07, 6.45) is 4.85. The van der Waals surface area contributed by atoms with E-state index in [2.05, 4.69) is 15.3 Å². The summed E-state index contributed by atoms with van der Waals surface area (Å²) >= 11 is 0. The molecule has 9 nitrogen and oxygen atoms in total. The molecule has 2 aliphatic rings. The third-order valence-corrected chi connectivity index (χ3v) is 7.29. The van der Waals surface area contributed by atoms with Crippen molar-refractivity contribution in [1.82, 2.24) is 14.9 Å². The van der Waals surface area contributed by atoms with Crippen molar-refractivity contribution in [2.45, 2.75) is 51.2 Å². The molecular formula is C29H33N5O4. The smallest absolute Gasteiger partial charge is 0.410 e. The van der Waals surface area contributed by atoms with Gasteiger partial charge in [-0.25, -0.2) is 14.8 Å². The van der Waals surface area contributed by atoms with Crippen LogP contribution in [0.3, 0.4) is 0 Å². The lowest BCUT2D eigenvalue weighted by Crippen LogP contribution is -2.44. The first-order chi connectivity index (χ1) is 18.3. The first kappa shape index (κ1) is 25.7. The van der Waals surface area contributed by atoms with Crippen LogP contribution in [0.15, 0.2) is 54.9 Å². The average Bonchev–Trinajstić information content (AvgIpc) is 2.93. The van der Waals surface area contributed by atoms with E-state index in [0.29, 0.717) is 45.6 Å². The Morgan fingerprint density at radius 3 is 2.42 bits per heavy atom. The number of carbonyl (C=O) groups excluding carboxylic acids is 2. The molecule has 3 heterocycles. The summed E-state index contributed by atoms with van der Waals surface area (Å²) in [5.74, 6) is 0.193. The van der Waals surface area contributed by atoms with Gasteiger partial charge >= 0.3 is 6.09 Å². The first-order valence-corrected chi connectivity index (χ1v) is 13.0. The van der Waals surface area contributed by atoms with Crippen LogP contribution >= 0.6 is 0 Å². The fourth-order valence-electron chi connectivity index (χ4n) is 5.15. The van der Waals surface area contributed by atoms with Crippen LogP contribution in [0, 0.1) is 0 Å². The van der Waals surface area contributed by atoms with Crippen LogP contribution in [-0.4, -0.2) is 52.7 Å². The molecule has 0 spiro atoms. The van der Waals surface area contributed by atoms with E-state index in [1.165, 1.54) is 0 Å². The third kappa shape index (κ3) is 5.33. The number of rotatable bonds is 5. The van der Waals surface area contributed by atoms with Crippen molar-refractivity contribution in [2.24, 2.45) is 0 Å². The summed E-state index contributed by atoms with van der Waals surface area (Å²) in [5, 5.41) is 3.18. The highest BCUT2D eigenvalue weighted by molar-refractivity contribution is 5.99. The van der Waals surface area contributed by atoms with Crippen LogP contribution in [-0.2, 0) is 32.6 Å². The van der Waals surface area contributed by atoms with Crippen molar-refractivity contribution in [2.75, 3.05) is 30.8 Å². The minimum atomic E-state index is -0.693. The van der Waals surface area contributed by atoms with Gasteiger partial charge in [-0.1, -0.05) is 30.3 Å². The quantitative estimate of drug-likeness (QED) is 0.519. The summed E-state index contributed by atoms with van der Waals surface area (Å²) in [7, 11) is 0. The van der Waals surface area contributed by atoms with Crippen molar-refractivity contribution < 1.29 is 19.1 Å². The predicted octanol–water partition coefficient (Wildman–Crippen LogP) is 4.32. The van der Waals surface area contributed by atoms with Gasteiger partial charge in [0.2, 0.25) is 11.9 Å². The van der Waals surface area contributed by atoms with E-state index in [9.17, 15) is 9.59 Å². The number of nitrogens with two attached hydrogens (primary N) is 1. The number of ether oxygens (including phenoxy) is 2. The number of nitrogens with zero attached hydrogens (tertiary/aromatic N) is 3. The van der Waals surface area contributed by atoms with Crippen molar-refractivity contribution in [3.63, 3.8) is 0 Å². The maximum atomic E-state index is 13.8. The highest BCUT2D eigenvalue weighted by Gasteiger charge is 2.42. The molecule has 198 valence electrons. The van der Waals surface area contributed by atoms with Crippen LogP contribution < -0.4 is 11.1 Å². The number of anilines is 2. The zero-order valence-corrected chi connectivity index (χ0v) is 21.8. The Labute approximate surface area is 222 Å². The van der Waals surface area contributed by atoms with Gasteiger partial charge in [-0.15, -0.1) is 0 Å². The summed E-state index contributed by atoms with van der Waals surface area (Å²) in [6, 6.07) is 13.9. The first-order valence-electron chi connectivity index (χ1n) is 13.0. The Bertz CT molecular complexity index is 1300. The van der Waals surface area contributed by atoms with Gasteiger partial charge in [-0.2, -0.15) is 0 Å². The summed E-state index contributed by atoms with van der Waals surface area (Å²) in [6.45, 7) is 5.82. The van der Waals surface area contributed by atoms with E-state index < -0.39 is 5.41 Å². The van der Waals surface area contributed by atoms with Crippen molar-refractivity contribution >= 4 is 23.6 Å². The van der Waals surface area contributed by atoms with E-state index in [-0.39, 0.29) is 24.1 Å². The number of nitrogen functional groups attached to an aromatic ring is 1. The Morgan fingerprint density at radius 2 is 1.74 bits per heavy atom. The Kier molecular flexibility index (Phi) is 7.28. The molecule has 0 saturated carbocycles. The van der Waals surface area contributed by atoms with Gasteiger partial charge in [-0.3, -0.25) is 4.79 Å². The lowest BCUT2D eigenvalue weighted by Gasteiger charge is -2.36. The van der Waals surface area contributed by atoms with Crippen molar-refractivity contribution in [3.8, 4) is 11.1 Å². The predicted molar refractivity (Wildman–Crippen MR) is 144 cm³/mol. The average molecular weight is 516 g/mol. The molecule has 0 aliphatic carbocycles. The SMILES string of the molecule is CC(C)OC(=O)N1CCc2cc(NC(=O)C3(c4ccc(-c5cnc(N)nc5)cc4)CCOCC3)ccc2C1. The van der Waals surface area contributed by atoms with Gasteiger partial charge in [0, 0.05) is 49.9 Å². The molecule has 1 aromatic heterocycles. The molecule has 2 amide bonds. The lowest BCUT2D eigenvalue weighted by molar-refractivity contribution is -0.125. The second-order valence-electron chi connectivity index (χ2n) is 10.1. The fraction of sp³-hybridized carbons (Fsp3) is 0.379. The van der Waals surface area contributed by atoms with Gasteiger partial charge in [0.05, 0.1) is 11.5 Å². The standard InChI is InChI=1S/C29H33N5O4/c1-19(2)38-28(36)34-12-9-21-15-25(8-5-22(21)18-34)33-26(35)29(10-13-37-14-11-29)24-6-3-20(4-7-24)23-16-31-27(30)32-17-23/h3-8,15-17,19H,9-14,18H2,1-2H3,(H,33,35)(H2,30,31,32). The minimum Gasteiger partial charge on any atom is -0.447 e. The number of hydrogen-bond acceptors (Lipinski definition) is 7. The molecule has 0 bridgehead atoms. The number of fused-ring (bicyclic) bond motifs is 1. The van der Waals surface area contributed by atoms with E-state index >= 15 is 0 Å². The Morgan fingerprint density at radius 1 is 1.03 bits per heavy atom. The molecule has 9 heteroatoms. The molecule has 0 atom stereocenters. The van der Waals surface area contributed by atoms with Crippen LogP contribution in [0.2, 0.25) is 0 Å². The second kappa shape index (κ2) is 10.8. The number of carbonyl (C=O) groups is 2. The zero-order valence-electron chi connectivity index (χ0n) is 21.8. The molecule has 3 aromatic rings. The molecule has 2 aromatic carbocycles. The number of benzene rings is 2. The van der Waals surface area contributed by atoms with E-state index in [0.717, 1.165) is 33.5 Å². The topological polar surface area (TPSA) is 120 Å². The maximum absolute atomic E-state index is 13.8. The van der Waals surface area contributed by atoms with Crippen molar-refractivity contribution in [1.29, 1.82) is 0 Å². The highest BCUT2D eigenvalue weighted by atomic mass is 16.6. The highest BCUT2D eigenvalue weighted by Crippen LogP contribution is 2.37. The number of nitrogens with one attached hydrogen (secondary N) is 1. The van der Waals surface area contributed by atoms with Gasteiger partial charge < -0.3 is 25.4 Å². The minimum absolute atomic E-state index is 0.0396. The van der Waals surface area contributed by atoms with Crippen LogP contribution in [0.25, 0.3) is 11.1 Å². The van der Waals surface area contributed by atoms with Gasteiger partial charge in [0.25, 0.3) is 0 Å². The number of amides is 2. The molecule has 1 saturated heterocycles. The fourth-order valence-corrected chi connectivity index (χ4v) is 5.15. The van der Waals surface area contributed by atoms with Crippen LogP contribution in [0.4, 0.5) is 16.4 Å². The largest absolute Gasteiger partial charge is 0.447 e. The van der Waals surface area contributed by atoms with Gasteiger partial charge in [0.1, 0.15) is 0 Å².